The van der Waals surface area contributed by atoms with Crippen molar-refractivity contribution in [3.8, 4) is 0 Å². The normalized spacial score (nSPS) is 11.9. The monoisotopic (exact) mass is 259 g/mol. The smallest absolute Gasteiger partial charge is 0.102 e. The molecule has 0 saturated carbocycles. The number of hydrogen-bond acceptors (Lipinski definition) is 3. The van der Waals surface area contributed by atoms with Gasteiger partial charge in [-0.3, -0.25) is 0 Å². The molecule has 0 radical (unpaired) electrons. The van der Waals surface area contributed by atoms with Gasteiger partial charge >= 0.3 is 0 Å². The zero-order chi connectivity index (χ0) is 14.2. The van der Waals surface area contributed by atoms with Crippen LogP contribution in [0.2, 0.25) is 0 Å². The Hall–Kier alpha value is -1.03. The Morgan fingerprint density at radius 2 is 1.94 bits per heavy atom. The Kier molecular flexibility index (Phi) is 17.1. The van der Waals surface area contributed by atoms with Crippen molar-refractivity contribution in [2.24, 2.45) is 0 Å². The number of nitrogens with one attached hydrogen (secondary N) is 3. The van der Waals surface area contributed by atoms with Crippen molar-refractivity contribution in [1.29, 1.82) is 0 Å². The molecule has 0 rings (SSSR count). The van der Waals surface area contributed by atoms with E-state index in [9.17, 15) is 4.39 Å². The summed E-state index contributed by atoms with van der Waals surface area (Å²) in [5.41, 5.74) is 0. The third-order valence-electron chi connectivity index (χ3n) is 2.28. The minimum absolute atomic E-state index is 0.476. The Morgan fingerprint density at radius 1 is 1.28 bits per heavy atom. The average Bonchev–Trinajstić information content (AvgIpc) is 2.35. The molecule has 0 amide bonds. The van der Waals surface area contributed by atoms with E-state index in [1.807, 2.05) is 6.92 Å². The summed E-state index contributed by atoms with van der Waals surface area (Å²) in [5, 5.41) is 9.27. The van der Waals surface area contributed by atoms with Gasteiger partial charge in [-0.2, -0.15) is 0 Å². The molecule has 0 aromatic carbocycles. The summed E-state index contributed by atoms with van der Waals surface area (Å²) < 4.78 is 10.9. The largest absolute Gasteiger partial charge is 0.389 e. The molecule has 0 spiro atoms. The van der Waals surface area contributed by atoms with Crippen LogP contribution in [-0.2, 0) is 0 Å². The van der Waals surface area contributed by atoms with Crippen molar-refractivity contribution in [1.82, 2.24) is 16.0 Å². The maximum atomic E-state index is 10.9. The summed E-state index contributed by atoms with van der Waals surface area (Å²) in [7, 11) is 0. The third kappa shape index (κ3) is 17.4. The quantitative estimate of drug-likeness (QED) is 0.596. The molecule has 0 aliphatic heterocycles. The van der Waals surface area contributed by atoms with E-state index in [2.05, 4.69) is 43.3 Å². The molecule has 0 aromatic rings. The lowest BCUT2D eigenvalue weighted by Gasteiger charge is -2.16. The van der Waals surface area contributed by atoms with Gasteiger partial charge in [-0.15, -0.1) is 0 Å². The number of halogens is 1. The van der Waals surface area contributed by atoms with E-state index >= 15 is 0 Å². The lowest BCUT2D eigenvalue weighted by molar-refractivity contribution is 0.480. The second-order valence-electron chi connectivity index (χ2n) is 4.22. The molecule has 0 aromatic heterocycles. The first-order chi connectivity index (χ1) is 8.62. The van der Waals surface area contributed by atoms with Gasteiger partial charge in [-0.25, -0.2) is 4.39 Å². The van der Waals surface area contributed by atoms with Crippen LogP contribution < -0.4 is 16.0 Å². The molecule has 4 heteroatoms. The predicted octanol–water partition coefficient (Wildman–Crippen LogP) is 2.92. The highest BCUT2D eigenvalue weighted by atomic mass is 19.1. The Morgan fingerprint density at radius 3 is 2.28 bits per heavy atom. The Labute approximate surface area is 112 Å². The number of rotatable bonds is 9. The molecule has 3 nitrogen and oxygen atoms in total. The lowest BCUT2D eigenvalue weighted by Crippen LogP contribution is -2.31. The van der Waals surface area contributed by atoms with E-state index in [1.54, 1.807) is 6.20 Å². The molecule has 1 unspecified atom stereocenters. The minimum Gasteiger partial charge on any atom is -0.389 e. The van der Waals surface area contributed by atoms with Gasteiger partial charge in [0, 0.05) is 24.8 Å². The van der Waals surface area contributed by atoms with Crippen LogP contribution in [0.25, 0.3) is 0 Å². The van der Waals surface area contributed by atoms with Crippen molar-refractivity contribution < 1.29 is 4.39 Å². The molecule has 3 N–H and O–H groups in total. The lowest BCUT2D eigenvalue weighted by atomic mass is 10.1. The van der Waals surface area contributed by atoms with E-state index in [0.717, 1.165) is 19.5 Å². The van der Waals surface area contributed by atoms with Crippen LogP contribution in [0.3, 0.4) is 0 Å². The molecule has 1 atom stereocenters. The van der Waals surface area contributed by atoms with Gasteiger partial charge in [-0.1, -0.05) is 27.4 Å². The highest BCUT2D eigenvalue weighted by Gasteiger charge is 2.02. The SMILES string of the molecule is C=CNC(CC)CCNC(C)C.CCN/C=C/F. The van der Waals surface area contributed by atoms with Gasteiger partial charge in [0.1, 0.15) is 6.33 Å². The second kappa shape index (κ2) is 16.0. The zero-order valence-electron chi connectivity index (χ0n) is 12.3. The van der Waals surface area contributed by atoms with Crippen molar-refractivity contribution in [2.75, 3.05) is 13.1 Å². The molecule has 0 aliphatic rings. The number of hydrogen-bond donors (Lipinski definition) is 3. The van der Waals surface area contributed by atoms with E-state index in [0.29, 0.717) is 18.4 Å². The maximum absolute atomic E-state index is 10.9. The van der Waals surface area contributed by atoms with Crippen molar-refractivity contribution >= 4 is 0 Å². The van der Waals surface area contributed by atoms with Gasteiger partial charge in [0.05, 0.1) is 0 Å². The molecule has 0 fully saturated rings. The minimum atomic E-state index is 0.476. The van der Waals surface area contributed by atoms with Crippen LogP contribution in [0.5, 0.6) is 0 Å². The standard InChI is InChI=1S/C10H22N2.C4H8FN/c1-5-10(11-6-2)7-8-12-9(3)4;1-2-6-4-3-5/h6,9-12H,2,5,7-8H2,1,3-4H3;3-4,6H,2H2,1H3/b;4-3+. The first kappa shape index (κ1) is 19.3. The van der Waals surface area contributed by atoms with E-state index in [1.165, 1.54) is 12.6 Å². The van der Waals surface area contributed by atoms with Crippen molar-refractivity contribution in [3.63, 3.8) is 0 Å². The highest BCUT2D eigenvalue weighted by molar-refractivity contribution is 4.73. The van der Waals surface area contributed by atoms with Crippen LogP contribution in [-0.4, -0.2) is 25.2 Å². The van der Waals surface area contributed by atoms with Gasteiger partial charge in [0.2, 0.25) is 0 Å². The van der Waals surface area contributed by atoms with Crippen molar-refractivity contribution in [3.05, 3.63) is 25.3 Å². The summed E-state index contributed by atoms with van der Waals surface area (Å²) in [6, 6.07) is 1.17. The fourth-order valence-electron chi connectivity index (χ4n) is 1.28. The third-order valence-corrected chi connectivity index (χ3v) is 2.28. The maximum Gasteiger partial charge on any atom is 0.102 e. The van der Waals surface area contributed by atoms with Gasteiger partial charge < -0.3 is 16.0 Å². The highest BCUT2D eigenvalue weighted by Crippen LogP contribution is 1.96. The molecule has 0 bridgehead atoms. The summed E-state index contributed by atoms with van der Waals surface area (Å²) in [6.07, 6.45) is 5.85. The van der Waals surface area contributed by atoms with Gasteiger partial charge in [0.15, 0.2) is 0 Å². The van der Waals surface area contributed by atoms with Crippen LogP contribution in [0.15, 0.2) is 25.3 Å². The van der Waals surface area contributed by atoms with Crippen LogP contribution >= 0.6 is 0 Å². The summed E-state index contributed by atoms with van der Waals surface area (Å²) in [5.74, 6) is 0. The van der Waals surface area contributed by atoms with Gasteiger partial charge in [0.25, 0.3) is 0 Å². The van der Waals surface area contributed by atoms with E-state index in [4.69, 9.17) is 0 Å². The topological polar surface area (TPSA) is 36.1 Å². The van der Waals surface area contributed by atoms with Crippen LogP contribution in [0, 0.1) is 0 Å². The molecular formula is C14H30FN3. The Bertz CT molecular complexity index is 193. The predicted molar refractivity (Wildman–Crippen MR) is 79.1 cm³/mol. The first-order valence-corrected chi connectivity index (χ1v) is 6.71. The molecule has 0 heterocycles. The summed E-state index contributed by atoms with van der Waals surface area (Å²) >= 11 is 0. The first-order valence-electron chi connectivity index (χ1n) is 6.71. The summed E-state index contributed by atoms with van der Waals surface area (Å²) in [6.45, 7) is 13.9. The van der Waals surface area contributed by atoms with E-state index in [-0.39, 0.29) is 0 Å². The van der Waals surface area contributed by atoms with Gasteiger partial charge in [-0.05, 0) is 32.5 Å². The zero-order valence-corrected chi connectivity index (χ0v) is 12.3. The second-order valence-corrected chi connectivity index (χ2v) is 4.22. The fourth-order valence-corrected chi connectivity index (χ4v) is 1.28. The average molecular weight is 259 g/mol. The summed E-state index contributed by atoms with van der Waals surface area (Å²) in [4.78, 5) is 0. The molecule has 0 saturated heterocycles. The van der Waals surface area contributed by atoms with E-state index < -0.39 is 0 Å². The molecule has 18 heavy (non-hydrogen) atoms. The van der Waals surface area contributed by atoms with Crippen molar-refractivity contribution in [2.45, 2.75) is 52.6 Å². The molecule has 108 valence electrons. The molecular weight excluding hydrogens is 229 g/mol. The molecule has 0 aliphatic carbocycles. The van der Waals surface area contributed by atoms with Crippen LogP contribution in [0.1, 0.15) is 40.5 Å². The van der Waals surface area contributed by atoms with Crippen LogP contribution in [0.4, 0.5) is 4.39 Å². The Balaban J connectivity index is 0. The fraction of sp³-hybridized carbons (Fsp3) is 0.714.